The van der Waals surface area contributed by atoms with Crippen LogP contribution in [0.4, 0.5) is 5.69 Å². The maximum atomic E-state index is 10.5. The van der Waals surface area contributed by atoms with Gasteiger partial charge in [-0.15, -0.1) is 0 Å². The van der Waals surface area contributed by atoms with Gasteiger partial charge in [-0.05, 0) is 85.0 Å². The van der Waals surface area contributed by atoms with Crippen LogP contribution in [0.15, 0.2) is 48.5 Å². The Kier molecular flexibility index (Phi) is 10.7. The molecule has 220 valence electrons. The minimum Gasteiger partial charge on any atom is -0.493 e. The summed E-state index contributed by atoms with van der Waals surface area (Å²) in [4.78, 5) is 13.1. The van der Waals surface area contributed by atoms with Crippen molar-refractivity contribution in [3.63, 3.8) is 0 Å². The van der Waals surface area contributed by atoms with E-state index in [4.69, 9.17) is 14.2 Å². The van der Waals surface area contributed by atoms with Crippen molar-refractivity contribution < 1.29 is 19.0 Å². The number of hydrogen-bond acceptors (Lipinski definition) is 5. The van der Waals surface area contributed by atoms with Crippen LogP contribution in [0.3, 0.4) is 0 Å². The van der Waals surface area contributed by atoms with Crippen molar-refractivity contribution in [3.05, 3.63) is 81.9 Å². The SMILES string of the molecule is CCCc1ccc([C@H]2CC(c3cc(OC)c4c(c3)OCO4)CN2CC)cc1.CCc1cc(C)cc(CC)c1NC=O. The van der Waals surface area contributed by atoms with E-state index in [9.17, 15) is 4.79 Å². The lowest BCUT2D eigenvalue weighted by atomic mass is 9.93. The highest BCUT2D eigenvalue weighted by Crippen LogP contribution is 2.47. The fourth-order valence-electron chi connectivity index (χ4n) is 6.17. The van der Waals surface area contributed by atoms with Gasteiger partial charge in [-0.25, -0.2) is 0 Å². The summed E-state index contributed by atoms with van der Waals surface area (Å²) in [6, 6.07) is 18.2. The lowest BCUT2D eigenvalue weighted by Gasteiger charge is -2.23. The summed E-state index contributed by atoms with van der Waals surface area (Å²) in [7, 11) is 1.69. The number of methoxy groups -OCH3 is 1. The molecule has 0 spiro atoms. The molecule has 2 atom stereocenters. The van der Waals surface area contributed by atoms with Gasteiger partial charge in [0.1, 0.15) is 0 Å². The lowest BCUT2D eigenvalue weighted by molar-refractivity contribution is -0.105. The Labute approximate surface area is 246 Å². The van der Waals surface area contributed by atoms with Gasteiger partial charge in [0, 0.05) is 18.3 Å². The third-order valence-corrected chi connectivity index (χ3v) is 8.28. The zero-order chi connectivity index (χ0) is 29.4. The smallest absolute Gasteiger partial charge is 0.231 e. The maximum absolute atomic E-state index is 10.5. The van der Waals surface area contributed by atoms with Crippen LogP contribution in [0.2, 0.25) is 0 Å². The van der Waals surface area contributed by atoms with E-state index in [1.165, 1.54) is 39.8 Å². The van der Waals surface area contributed by atoms with Gasteiger partial charge in [-0.1, -0.05) is 76.1 Å². The molecule has 2 heterocycles. The summed E-state index contributed by atoms with van der Waals surface area (Å²) in [5.74, 6) is 2.78. The number of likely N-dealkylation sites (tertiary alicyclic amines) is 1. The van der Waals surface area contributed by atoms with Crippen LogP contribution in [0.25, 0.3) is 0 Å². The minimum atomic E-state index is 0.271. The standard InChI is InChI=1S/C23H29NO3.C12H17NO/c1-4-6-16-7-9-17(10-8-16)20-11-19(14-24(20)5-2)18-12-21(25-3)23-22(13-18)26-15-27-23;1-4-10-6-9(3)7-11(5-2)12(10)13-8-14/h7-10,12-13,19-20H,4-6,11,14-15H2,1-3H3;6-8H,4-5H2,1-3H3,(H,13,14)/t19?,20-;/m1./s1. The summed E-state index contributed by atoms with van der Waals surface area (Å²) in [5, 5.41) is 2.79. The molecule has 0 bridgehead atoms. The molecule has 1 N–H and O–H groups in total. The van der Waals surface area contributed by atoms with Crippen molar-refractivity contribution in [2.45, 2.75) is 78.7 Å². The van der Waals surface area contributed by atoms with Crippen LogP contribution in [0, 0.1) is 6.92 Å². The van der Waals surface area contributed by atoms with E-state index in [2.05, 4.69) is 93.4 Å². The number of amides is 1. The average Bonchev–Trinajstić information content (AvgIpc) is 3.66. The third kappa shape index (κ3) is 7.05. The Bertz CT molecular complexity index is 1280. The molecule has 0 aromatic heterocycles. The molecule has 2 aliphatic heterocycles. The molecular weight excluding hydrogens is 512 g/mol. The van der Waals surface area contributed by atoms with E-state index in [0.717, 1.165) is 68.1 Å². The molecule has 0 saturated carbocycles. The summed E-state index contributed by atoms with van der Waals surface area (Å²) in [6.45, 7) is 13.2. The predicted octanol–water partition coefficient (Wildman–Crippen LogP) is 7.62. The lowest BCUT2D eigenvalue weighted by Crippen LogP contribution is -2.23. The zero-order valence-electron chi connectivity index (χ0n) is 25.6. The second-order valence-corrected chi connectivity index (χ2v) is 10.9. The summed E-state index contributed by atoms with van der Waals surface area (Å²) >= 11 is 0. The van der Waals surface area contributed by atoms with E-state index in [-0.39, 0.29) is 6.79 Å². The molecule has 1 unspecified atom stereocenters. The number of anilines is 1. The normalized spacial score (nSPS) is 17.6. The number of rotatable bonds is 10. The van der Waals surface area contributed by atoms with Crippen molar-refractivity contribution in [1.82, 2.24) is 4.90 Å². The molecule has 5 rings (SSSR count). The first kappa shape index (κ1) is 30.4. The van der Waals surface area contributed by atoms with Gasteiger partial charge in [-0.3, -0.25) is 9.69 Å². The minimum absolute atomic E-state index is 0.271. The summed E-state index contributed by atoms with van der Waals surface area (Å²) in [5.41, 5.74) is 8.82. The van der Waals surface area contributed by atoms with Crippen LogP contribution in [0.5, 0.6) is 17.2 Å². The zero-order valence-corrected chi connectivity index (χ0v) is 25.6. The largest absolute Gasteiger partial charge is 0.493 e. The first-order valence-electron chi connectivity index (χ1n) is 15.1. The van der Waals surface area contributed by atoms with Gasteiger partial charge in [0.25, 0.3) is 0 Å². The molecule has 2 aliphatic rings. The molecule has 6 nitrogen and oxygen atoms in total. The van der Waals surface area contributed by atoms with Gasteiger partial charge in [0.15, 0.2) is 11.5 Å². The Morgan fingerprint density at radius 1 is 0.976 bits per heavy atom. The number of fused-ring (bicyclic) bond motifs is 1. The van der Waals surface area contributed by atoms with Crippen molar-refractivity contribution in [1.29, 1.82) is 0 Å². The Morgan fingerprint density at radius 2 is 1.68 bits per heavy atom. The number of hydrogen-bond donors (Lipinski definition) is 1. The monoisotopic (exact) mass is 558 g/mol. The van der Waals surface area contributed by atoms with Crippen LogP contribution < -0.4 is 19.5 Å². The van der Waals surface area contributed by atoms with Crippen molar-refractivity contribution >= 4 is 12.1 Å². The van der Waals surface area contributed by atoms with Crippen LogP contribution in [-0.4, -0.2) is 38.3 Å². The highest BCUT2D eigenvalue weighted by Gasteiger charge is 2.34. The summed E-state index contributed by atoms with van der Waals surface area (Å²) in [6.07, 6.45) is 6.11. The van der Waals surface area contributed by atoms with Crippen LogP contribution >= 0.6 is 0 Å². The molecule has 1 fully saturated rings. The first-order chi connectivity index (χ1) is 20.0. The predicted molar refractivity (Wildman–Crippen MR) is 167 cm³/mol. The number of carbonyl (C=O) groups excluding carboxylic acids is 1. The first-order valence-corrected chi connectivity index (χ1v) is 15.1. The van der Waals surface area contributed by atoms with Crippen LogP contribution in [0.1, 0.15) is 85.9 Å². The molecular formula is C35H46N2O4. The Morgan fingerprint density at radius 3 is 2.27 bits per heavy atom. The Hall–Kier alpha value is -3.51. The van der Waals surface area contributed by atoms with E-state index < -0.39 is 0 Å². The molecule has 1 saturated heterocycles. The number of nitrogens with zero attached hydrogens (tertiary/aromatic N) is 1. The fourth-order valence-corrected chi connectivity index (χ4v) is 6.17. The molecule has 3 aromatic carbocycles. The quantitative estimate of drug-likeness (QED) is 0.260. The van der Waals surface area contributed by atoms with Gasteiger partial charge in [0.05, 0.1) is 7.11 Å². The number of benzene rings is 3. The van der Waals surface area contributed by atoms with Gasteiger partial charge < -0.3 is 19.5 Å². The molecule has 0 aliphatic carbocycles. The number of likely N-dealkylation sites (N-methyl/N-ethyl adjacent to an activating group) is 1. The van der Waals surface area contributed by atoms with Crippen LogP contribution in [-0.2, 0) is 24.1 Å². The highest BCUT2D eigenvalue weighted by atomic mass is 16.7. The molecule has 3 aromatic rings. The van der Waals surface area contributed by atoms with E-state index in [1.807, 2.05) is 0 Å². The third-order valence-electron chi connectivity index (χ3n) is 8.28. The maximum Gasteiger partial charge on any atom is 0.231 e. The van der Waals surface area contributed by atoms with Crippen molar-refractivity contribution in [2.75, 3.05) is 32.3 Å². The molecule has 6 heteroatoms. The summed E-state index contributed by atoms with van der Waals surface area (Å²) < 4.78 is 16.7. The number of ether oxygens (including phenoxy) is 3. The Balaban J connectivity index is 0.000000234. The highest BCUT2D eigenvalue weighted by molar-refractivity contribution is 5.76. The van der Waals surface area contributed by atoms with E-state index in [1.54, 1.807) is 7.11 Å². The molecule has 41 heavy (non-hydrogen) atoms. The fraction of sp³-hybridized carbons (Fsp3) is 0.457. The molecule has 1 amide bonds. The number of carbonyl (C=O) groups is 1. The van der Waals surface area contributed by atoms with Gasteiger partial charge in [0.2, 0.25) is 19.0 Å². The van der Waals surface area contributed by atoms with Crippen molar-refractivity contribution in [2.24, 2.45) is 0 Å². The second kappa shape index (κ2) is 14.4. The van der Waals surface area contributed by atoms with Crippen molar-refractivity contribution in [3.8, 4) is 17.2 Å². The van der Waals surface area contributed by atoms with Gasteiger partial charge in [-0.2, -0.15) is 0 Å². The van der Waals surface area contributed by atoms with E-state index >= 15 is 0 Å². The second-order valence-electron chi connectivity index (χ2n) is 10.9. The average molecular weight is 559 g/mol. The topological polar surface area (TPSA) is 60.0 Å². The number of nitrogens with one attached hydrogen (secondary N) is 1. The molecule has 0 radical (unpaired) electrons. The number of aryl methyl sites for hydroxylation is 4. The van der Waals surface area contributed by atoms with E-state index in [0.29, 0.717) is 12.0 Å². The van der Waals surface area contributed by atoms with Gasteiger partial charge >= 0.3 is 0 Å².